The van der Waals surface area contributed by atoms with Crippen molar-refractivity contribution in [1.29, 1.82) is 0 Å². The van der Waals surface area contributed by atoms with E-state index in [2.05, 4.69) is 4.74 Å². The maximum absolute atomic E-state index is 10.9. The van der Waals surface area contributed by atoms with E-state index in [1.54, 1.807) is 18.2 Å². The van der Waals surface area contributed by atoms with Gasteiger partial charge < -0.3 is 4.74 Å². The number of benzene rings is 1. The van der Waals surface area contributed by atoms with Crippen LogP contribution < -0.4 is 0 Å². The van der Waals surface area contributed by atoms with Crippen LogP contribution in [-0.4, -0.2) is 13.1 Å². The molecule has 1 aromatic carbocycles. The van der Waals surface area contributed by atoms with Gasteiger partial charge in [0.1, 0.15) is 0 Å². The third-order valence-corrected chi connectivity index (χ3v) is 1.80. The molecule has 62 valence electrons. The molecule has 1 aromatic rings. The van der Waals surface area contributed by atoms with Crippen molar-refractivity contribution in [1.82, 2.24) is 0 Å². The summed E-state index contributed by atoms with van der Waals surface area (Å²) >= 11 is 0.353. The second-order valence-corrected chi connectivity index (χ2v) is 2.74. The summed E-state index contributed by atoms with van der Waals surface area (Å²) in [6.07, 6.45) is 0. The third kappa shape index (κ3) is 1.85. The summed E-state index contributed by atoms with van der Waals surface area (Å²) in [6.45, 7) is 0. The van der Waals surface area contributed by atoms with Gasteiger partial charge in [0.15, 0.2) is 0 Å². The van der Waals surface area contributed by atoms with Crippen LogP contribution in [0.2, 0.25) is 0 Å². The minimum Gasteiger partial charge on any atom is -0.465 e. The number of carbonyl (C=O) groups is 1. The molecule has 0 N–H and O–H groups in total. The summed E-state index contributed by atoms with van der Waals surface area (Å²) in [7, 11) is 1.30. The van der Waals surface area contributed by atoms with Crippen LogP contribution in [0.1, 0.15) is 10.4 Å². The fourth-order valence-corrected chi connectivity index (χ4v) is 1.10. The van der Waals surface area contributed by atoms with E-state index in [0.717, 1.165) is 0 Å². The van der Waals surface area contributed by atoms with Crippen molar-refractivity contribution >= 4 is 17.6 Å². The van der Waals surface area contributed by atoms with Crippen molar-refractivity contribution in [3.05, 3.63) is 29.8 Å². The van der Waals surface area contributed by atoms with Crippen LogP contribution in [0.3, 0.4) is 0 Å². The van der Waals surface area contributed by atoms with Gasteiger partial charge in [0, 0.05) is 16.3 Å². The van der Waals surface area contributed by atoms with Gasteiger partial charge in [-0.15, -0.1) is 0 Å². The van der Waals surface area contributed by atoms with Gasteiger partial charge in [-0.25, -0.2) is 4.79 Å². The first-order valence-electron chi connectivity index (χ1n) is 3.26. The molecule has 0 saturated carbocycles. The Hall–Kier alpha value is -1.29. The maximum atomic E-state index is 10.9. The van der Waals surface area contributed by atoms with Gasteiger partial charge >= 0.3 is 17.6 Å². The summed E-state index contributed by atoms with van der Waals surface area (Å²) in [6, 6.07) is 6.39. The van der Waals surface area contributed by atoms with Crippen molar-refractivity contribution < 1.29 is 13.7 Å². The summed E-state index contributed by atoms with van der Waals surface area (Å²) < 4.78 is 14.8. The van der Waals surface area contributed by atoms with Gasteiger partial charge in [-0.2, -0.15) is 0 Å². The highest BCUT2D eigenvalue weighted by Crippen LogP contribution is 2.05. The number of rotatable bonds is 2. The molecule has 0 amide bonds. The van der Waals surface area contributed by atoms with E-state index in [-0.39, 0.29) is 0 Å². The number of esters is 1. The average molecular weight is 183 g/mol. The second-order valence-electron chi connectivity index (χ2n) is 2.10. The SMILES string of the molecule is COC(=O)c1cccc([S+]=O)c1. The van der Waals surface area contributed by atoms with Crippen LogP contribution in [0, 0.1) is 0 Å². The Bertz CT molecular complexity index is 309. The van der Waals surface area contributed by atoms with E-state index in [1.807, 2.05) is 0 Å². The molecular formula is C8H7O3S+. The normalized spacial score (nSPS) is 9.08. The lowest BCUT2D eigenvalue weighted by atomic mass is 10.2. The lowest BCUT2D eigenvalue weighted by Gasteiger charge is -1.94. The Balaban J connectivity index is 3.01. The first kappa shape index (κ1) is 8.80. The fourth-order valence-electron chi connectivity index (χ4n) is 0.793. The number of methoxy groups -OCH3 is 1. The zero-order chi connectivity index (χ0) is 8.97. The summed E-state index contributed by atoms with van der Waals surface area (Å²) in [5.41, 5.74) is 0.401. The minimum absolute atomic E-state index is 0.353. The van der Waals surface area contributed by atoms with Gasteiger partial charge in [-0.1, -0.05) is 6.07 Å². The molecule has 0 spiro atoms. The lowest BCUT2D eigenvalue weighted by molar-refractivity contribution is 0.0600. The van der Waals surface area contributed by atoms with Crippen LogP contribution in [0.5, 0.6) is 0 Å². The highest BCUT2D eigenvalue weighted by molar-refractivity contribution is 7.65. The van der Waals surface area contributed by atoms with Crippen molar-refractivity contribution in [3.8, 4) is 0 Å². The maximum Gasteiger partial charge on any atom is 0.505 e. The quantitative estimate of drug-likeness (QED) is 0.512. The molecule has 12 heavy (non-hydrogen) atoms. The molecule has 0 aliphatic carbocycles. The number of hydrogen-bond donors (Lipinski definition) is 0. The molecule has 4 heteroatoms. The van der Waals surface area contributed by atoms with Crippen molar-refractivity contribution in [2.75, 3.05) is 7.11 Å². The van der Waals surface area contributed by atoms with Gasteiger partial charge in [-0.05, 0) is 6.07 Å². The van der Waals surface area contributed by atoms with Crippen LogP contribution in [0.4, 0.5) is 0 Å². The highest BCUT2D eigenvalue weighted by atomic mass is 32.1. The van der Waals surface area contributed by atoms with E-state index in [1.165, 1.54) is 13.2 Å². The fraction of sp³-hybridized carbons (Fsp3) is 0.125. The Morgan fingerprint density at radius 2 is 2.25 bits per heavy atom. The van der Waals surface area contributed by atoms with Crippen molar-refractivity contribution in [2.45, 2.75) is 4.90 Å². The van der Waals surface area contributed by atoms with Crippen LogP contribution in [0.25, 0.3) is 0 Å². The Labute approximate surface area is 73.8 Å². The smallest absolute Gasteiger partial charge is 0.465 e. The predicted molar refractivity (Wildman–Crippen MR) is 44.1 cm³/mol. The van der Waals surface area contributed by atoms with E-state index in [0.29, 0.717) is 22.1 Å². The molecule has 0 radical (unpaired) electrons. The number of ether oxygens (including phenoxy) is 1. The van der Waals surface area contributed by atoms with Crippen molar-refractivity contribution in [3.63, 3.8) is 0 Å². The van der Waals surface area contributed by atoms with Crippen LogP contribution in [-0.2, 0) is 20.6 Å². The van der Waals surface area contributed by atoms with Gasteiger partial charge in [0.2, 0.25) is 0 Å². The Morgan fingerprint density at radius 1 is 1.50 bits per heavy atom. The van der Waals surface area contributed by atoms with E-state index in [9.17, 15) is 9.00 Å². The third-order valence-electron chi connectivity index (χ3n) is 1.35. The standard InChI is InChI=1S/C8H7O3S/c1-11-8(9)6-3-2-4-7(5-6)12-10/h2-5H,1H3/q+1. The molecule has 0 aliphatic rings. The molecule has 3 nitrogen and oxygen atoms in total. The van der Waals surface area contributed by atoms with Gasteiger partial charge in [0.05, 0.1) is 12.7 Å². The largest absolute Gasteiger partial charge is 0.505 e. The number of hydrogen-bond acceptors (Lipinski definition) is 3. The molecule has 0 saturated heterocycles. The summed E-state index contributed by atoms with van der Waals surface area (Å²) in [5, 5.41) is 0. The Kier molecular flexibility index (Phi) is 2.88. The average Bonchev–Trinajstić information content (AvgIpc) is 2.17. The van der Waals surface area contributed by atoms with E-state index >= 15 is 0 Å². The first-order chi connectivity index (χ1) is 5.77. The molecular weight excluding hydrogens is 176 g/mol. The first-order valence-corrected chi connectivity index (χ1v) is 4.00. The molecule has 0 aliphatic heterocycles. The second kappa shape index (κ2) is 3.92. The van der Waals surface area contributed by atoms with Crippen LogP contribution in [0.15, 0.2) is 29.2 Å². The summed E-state index contributed by atoms with van der Waals surface area (Å²) in [4.78, 5) is 11.5. The highest BCUT2D eigenvalue weighted by Gasteiger charge is 2.11. The topological polar surface area (TPSA) is 43.4 Å². The molecule has 1 rings (SSSR count). The molecule has 0 atom stereocenters. The van der Waals surface area contributed by atoms with Gasteiger partial charge in [-0.3, -0.25) is 0 Å². The molecule has 0 bridgehead atoms. The Morgan fingerprint density at radius 3 is 2.83 bits per heavy atom. The van der Waals surface area contributed by atoms with Gasteiger partial charge in [0.25, 0.3) is 4.90 Å². The lowest BCUT2D eigenvalue weighted by Crippen LogP contribution is -2.00. The van der Waals surface area contributed by atoms with E-state index in [4.69, 9.17) is 0 Å². The molecule has 0 fully saturated rings. The predicted octanol–water partition coefficient (Wildman–Crippen LogP) is 1.26. The molecule has 0 unspecified atom stereocenters. The van der Waals surface area contributed by atoms with E-state index < -0.39 is 5.97 Å². The van der Waals surface area contributed by atoms with Crippen molar-refractivity contribution in [2.24, 2.45) is 0 Å². The minimum atomic E-state index is -0.425. The number of carbonyl (C=O) groups excluding carboxylic acids is 1. The summed E-state index contributed by atoms with van der Waals surface area (Å²) in [5.74, 6) is -0.425. The zero-order valence-corrected chi connectivity index (χ0v) is 7.26. The molecule has 0 aromatic heterocycles. The monoisotopic (exact) mass is 183 g/mol. The molecule has 0 heterocycles. The zero-order valence-electron chi connectivity index (χ0n) is 6.44. The van der Waals surface area contributed by atoms with Crippen LogP contribution >= 0.6 is 0 Å².